The van der Waals surface area contributed by atoms with Crippen LogP contribution in [0.15, 0.2) is 54.6 Å². The van der Waals surface area contributed by atoms with E-state index in [2.05, 4.69) is 73.3 Å². The minimum Gasteiger partial charge on any atom is -0.384 e. The van der Waals surface area contributed by atoms with Crippen molar-refractivity contribution < 1.29 is 9.84 Å². The molecule has 30 heavy (non-hydrogen) atoms. The Hall–Kier alpha value is -1.39. The molecule has 0 amide bonds. The molecule has 0 bridgehead atoms. The molecule has 1 aliphatic heterocycles. The molecule has 4 heteroatoms. The number of nitrogens with zero attached hydrogens (tertiary/aromatic N) is 1. The van der Waals surface area contributed by atoms with E-state index < -0.39 is 5.60 Å². The van der Waals surface area contributed by atoms with Gasteiger partial charge in [-0.1, -0.05) is 92.8 Å². The van der Waals surface area contributed by atoms with Crippen LogP contribution in [0, 0.1) is 6.92 Å². The van der Waals surface area contributed by atoms with Gasteiger partial charge in [-0.05, 0) is 24.5 Å². The number of unbranched alkanes of at least 4 members (excludes halogenated alkanes) is 3. The zero-order valence-electron chi connectivity index (χ0n) is 18.6. The fourth-order valence-electron chi connectivity index (χ4n) is 4.44. The Kier molecular flexibility index (Phi) is 10.3. The highest BCUT2D eigenvalue weighted by Gasteiger charge is 2.40. The van der Waals surface area contributed by atoms with Crippen molar-refractivity contribution >= 4 is 12.4 Å². The van der Waals surface area contributed by atoms with Crippen LogP contribution in [0.1, 0.15) is 61.6 Å². The molecule has 3 nitrogen and oxygen atoms in total. The van der Waals surface area contributed by atoms with E-state index in [-0.39, 0.29) is 18.3 Å². The molecule has 166 valence electrons. The maximum absolute atomic E-state index is 12.3. The fraction of sp³-hybridized carbons (Fsp3) is 0.538. The molecule has 2 aromatic carbocycles. The van der Waals surface area contributed by atoms with E-state index in [1.54, 1.807) is 0 Å². The summed E-state index contributed by atoms with van der Waals surface area (Å²) < 4.78 is 5.56. The van der Waals surface area contributed by atoms with Crippen molar-refractivity contribution in [2.45, 2.75) is 57.5 Å². The zero-order valence-corrected chi connectivity index (χ0v) is 19.4. The minimum absolute atomic E-state index is 0. The van der Waals surface area contributed by atoms with Gasteiger partial charge in [-0.25, -0.2) is 0 Å². The van der Waals surface area contributed by atoms with E-state index in [1.165, 1.54) is 30.4 Å². The van der Waals surface area contributed by atoms with E-state index in [4.69, 9.17) is 4.74 Å². The molecule has 3 rings (SSSR count). The first kappa shape index (κ1) is 24.9. The van der Waals surface area contributed by atoms with E-state index in [0.29, 0.717) is 0 Å². The van der Waals surface area contributed by atoms with E-state index in [0.717, 1.165) is 51.3 Å². The summed E-state index contributed by atoms with van der Waals surface area (Å²) >= 11 is 0. The smallest absolute Gasteiger partial charge is 0.0977 e. The van der Waals surface area contributed by atoms with Gasteiger partial charge in [0.2, 0.25) is 0 Å². The molecule has 1 heterocycles. The van der Waals surface area contributed by atoms with E-state index in [9.17, 15) is 5.11 Å². The van der Waals surface area contributed by atoms with Crippen LogP contribution >= 0.6 is 12.4 Å². The highest BCUT2D eigenvalue weighted by molar-refractivity contribution is 5.85. The second-order valence-electron chi connectivity index (χ2n) is 8.48. The Morgan fingerprint density at radius 3 is 2.27 bits per heavy atom. The number of aryl methyl sites for hydroxylation is 1. The zero-order chi connectivity index (χ0) is 20.5. The first-order valence-corrected chi connectivity index (χ1v) is 11.3. The second-order valence-corrected chi connectivity index (χ2v) is 8.48. The van der Waals surface area contributed by atoms with Gasteiger partial charge in [-0.2, -0.15) is 0 Å². The van der Waals surface area contributed by atoms with Crippen LogP contribution < -0.4 is 0 Å². The normalized spacial score (nSPS) is 17.7. The predicted octanol–water partition coefficient (Wildman–Crippen LogP) is 5.69. The lowest BCUT2D eigenvalue weighted by Crippen LogP contribution is -2.45. The third-order valence-electron chi connectivity index (χ3n) is 6.29. The Labute approximate surface area is 188 Å². The van der Waals surface area contributed by atoms with Crippen LogP contribution in [-0.2, 0) is 10.3 Å². The number of benzene rings is 2. The van der Waals surface area contributed by atoms with Gasteiger partial charge in [-0.3, -0.25) is 4.90 Å². The quantitative estimate of drug-likeness (QED) is 0.490. The summed E-state index contributed by atoms with van der Waals surface area (Å²) in [7, 11) is 0. The van der Waals surface area contributed by atoms with Crippen LogP contribution in [0.4, 0.5) is 0 Å². The van der Waals surface area contributed by atoms with Gasteiger partial charge in [0.05, 0.1) is 18.8 Å². The van der Waals surface area contributed by atoms with Crippen molar-refractivity contribution in [2.24, 2.45) is 0 Å². The van der Waals surface area contributed by atoms with Crippen molar-refractivity contribution in [3.05, 3.63) is 71.3 Å². The van der Waals surface area contributed by atoms with Crippen molar-refractivity contribution in [1.29, 1.82) is 0 Å². The van der Waals surface area contributed by atoms with E-state index in [1.807, 2.05) is 0 Å². The molecule has 1 fully saturated rings. The lowest BCUT2D eigenvalue weighted by molar-refractivity contribution is -0.0296. The van der Waals surface area contributed by atoms with Gasteiger partial charge in [0.25, 0.3) is 0 Å². The third kappa shape index (κ3) is 6.55. The molecule has 0 aliphatic carbocycles. The molecule has 0 saturated carbocycles. The average molecular weight is 432 g/mol. The van der Waals surface area contributed by atoms with Gasteiger partial charge in [0.1, 0.15) is 0 Å². The van der Waals surface area contributed by atoms with E-state index >= 15 is 0 Å². The summed E-state index contributed by atoms with van der Waals surface area (Å²) in [5.74, 6) is 0.0335. The first-order chi connectivity index (χ1) is 14.1. The highest BCUT2D eigenvalue weighted by Crippen LogP contribution is 2.42. The lowest BCUT2D eigenvalue weighted by Gasteiger charge is -2.41. The van der Waals surface area contributed by atoms with Crippen molar-refractivity contribution in [2.75, 3.05) is 32.8 Å². The predicted molar refractivity (Wildman–Crippen MR) is 128 cm³/mol. The highest BCUT2D eigenvalue weighted by atomic mass is 35.5. The van der Waals surface area contributed by atoms with Gasteiger partial charge < -0.3 is 9.84 Å². The number of ether oxygens (including phenoxy) is 1. The number of hydrogen-bond acceptors (Lipinski definition) is 3. The summed E-state index contributed by atoms with van der Waals surface area (Å²) in [6.07, 6.45) is 5.44. The topological polar surface area (TPSA) is 32.7 Å². The number of halogens is 1. The second kappa shape index (κ2) is 12.5. The molecule has 1 N–H and O–H groups in total. The molecule has 1 aliphatic rings. The summed E-state index contributed by atoms with van der Waals surface area (Å²) in [6.45, 7) is 8.61. The Morgan fingerprint density at radius 1 is 0.967 bits per heavy atom. The molecule has 2 unspecified atom stereocenters. The number of hydrogen-bond donors (Lipinski definition) is 1. The summed E-state index contributed by atoms with van der Waals surface area (Å²) in [4.78, 5) is 2.45. The van der Waals surface area contributed by atoms with Gasteiger partial charge in [-0.15, -0.1) is 12.4 Å². The Morgan fingerprint density at radius 2 is 1.63 bits per heavy atom. The molecule has 1 saturated heterocycles. The fourth-order valence-corrected chi connectivity index (χ4v) is 4.44. The van der Waals surface area contributed by atoms with Gasteiger partial charge in [0.15, 0.2) is 0 Å². The standard InChI is InChI=1S/C26H37NO2.ClH/c1-3-4-5-9-16-26(28,24-14-12-22(2)13-15-24)25(23-10-7-6-8-11-23)21-27-17-19-29-20-18-27;/h6-8,10-15,25,28H,3-5,9,16-21H2,1-2H3;1H. The number of rotatable bonds is 10. The molecular weight excluding hydrogens is 394 g/mol. The molecule has 2 atom stereocenters. The largest absolute Gasteiger partial charge is 0.384 e. The van der Waals surface area contributed by atoms with Crippen LogP contribution in [0.5, 0.6) is 0 Å². The Balaban J connectivity index is 0.00000320. The number of morpholine rings is 1. The maximum Gasteiger partial charge on any atom is 0.0977 e. The third-order valence-corrected chi connectivity index (χ3v) is 6.29. The molecule has 0 spiro atoms. The van der Waals surface area contributed by atoms with Crippen LogP contribution in [0.25, 0.3) is 0 Å². The summed E-state index contributed by atoms with van der Waals surface area (Å²) in [5.41, 5.74) is 2.62. The SMILES string of the molecule is CCCCCCC(O)(c1ccc(C)cc1)C(CN1CCOCC1)c1ccccc1.Cl. The van der Waals surface area contributed by atoms with Crippen molar-refractivity contribution in [1.82, 2.24) is 4.90 Å². The summed E-state index contributed by atoms with van der Waals surface area (Å²) in [6, 6.07) is 19.1. The van der Waals surface area contributed by atoms with Crippen molar-refractivity contribution in [3.63, 3.8) is 0 Å². The Bertz CT molecular complexity index is 716. The van der Waals surface area contributed by atoms with Gasteiger partial charge >= 0.3 is 0 Å². The monoisotopic (exact) mass is 431 g/mol. The molecular formula is C26H38ClNO2. The first-order valence-electron chi connectivity index (χ1n) is 11.3. The summed E-state index contributed by atoms with van der Waals surface area (Å²) in [5, 5.41) is 12.3. The van der Waals surface area contributed by atoms with Gasteiger partial charge in [0, 0.05) is 25.6 Å². The molecule has 0 aromatic heterocycles. The number of aliphatic hydroxyl groups is 1. The lowest BCUT2D eigenvalue weighted by atomic mass is 9.73. The van der Waals surface area contributed by atoms with Crippen LogP contribution in [-0.4, -0.2) is 42.9 Å². The minimum atomic E-state index is -0.874. The van der Waals surface area contributed by atoms with Crippen molar-refractivity contribution in [3.8, 4) is 0 Å². The molecule has 2 aromatic rings. The van der Waals surface area contributed by atoms with Crippen LogP contribution in [0.2, 0.25) is 0 Å². The maximum atomic E-state index is 12.3. The molecule has 0 radical (unpaired) electrons. The van der Waals surface area contributed by atoms with Crippen LogP contribution in [0.3, 0.4) is 0 Å². The average Bonchev–Trinajstić information content (AvgIpc) is 2.77.